The molecule has 0 saturated carbocycles. The van der Waals surface area contributed by atoms with Gasteiger partial charge in [0.15, 0.2) is 0 Å². The van der Waals surface area contributed by atoms with E-state index >= 15 is 0 Å². The van der Waals surface area contributed by atoms with Crippen LogP contribution in [0.15, 0.2) is 12.4 Å². The first kappa shape index (κ1) is 10.6. The molecule has 1 atom stereocenters. The van der Waals surface area contributed by atoms with Gasteiger partial charge in [0.1, 0.15) is 0 Å². The normalized spacial score (nSPS) is 21.0. The van der Waals surface area contributed by atoms with E-state index in [1.54, 1.807) is 0 Å². The molecule has 15 heavy (non-hydrogen) atoms. The Bertz CT molecular complexity index is 330. The van der Waals surface area contributed by atoms with Gasteiger partial charge in [0.25, 0.3) is 0 Å². The molecule has 2 heterocycles. The van der Waals surface area contributed by atoms with Crippen molar-refractivity contribution in [3.63, 3.8) is 0 Å². The van der Waals surface area contributed by atoms with Crippen LogP contribution in [0.4, 0.5) is 0 Å². The highest BCUT2D eigenvalue weighted by molar-refractivity contribution is 5.09. The maximum absolute atomic E-state index is 5.22. The van der Waals surface area contributed by atoms with Crippen molar-refractivity contribution >= 4 is 0 Å². The summed E-state index contributed by atoms with van der Waals surface area (Å²) in [7, 11) is 1.94. The van der Waals surface area contributed by atoms with Crippen LogP contribution >= 0.6 is 0 Å². The molecular weight excluding hydrogens is 190 g/mol. The van der Waals surface area contributed by atoms with Gasteiger partial charge in [-0.05, 0) is 6.92 Å². The first-order valence-electron chi connectivity index (χ1n) is 5.39. The van der Waals surface area contributed by atoms with Crippen LogP contribution in [-0.2, 0) is 11.8 Å². The number of rotatable bonds is 4. The second kappa shape index (κ2) is 3.94. The van der Waals surface area contributed by atoms with Gasteiger partial charge in [-0.2, -0.15) is 5.10 Å². The zero-order valence-electron chi connectivity index (χ0n) is 9.66. The molecule has 2 rings (SSSR count). The third-order valence-corrected chi connectivity index (χ3v) is 2.96. The third-order valence-electron chi connectivity index (χ3n) is 2.96. The predicted molar refractivity (Wildman–Crippen MR) is 58.6 cm³/mol. The van der Waals surface area contributed by atoms with Gasteiger partial charge in [-0.25, -0.2) is 0 Å². The largest absolute Gasteiger partial charge is 0.380 e. The number of aryl methyl sites for hydroxylation is 1. The van der Waals surface area contributed by atoms with Crippen molar-refractivity contribution in [2.75, 3.05) is 19.8 Å². The van der Waals surface area contributed by atoms with Crippen LogP contribution in [0.2, 0.25) is 0 Å². The van der Waals surface area contributed by atoms with Crippen molar-refractivity contribution in [3.05, 3.63) is 18.0 Å². The molecule has 1 aliphatic rings. The van der Waals surface area contributed by atoms with Gasteiger partial charge in [-0.15, -0.1) is 0 Å². The fraction of sp³-hybridized carbons (Fsp3) is 0.727. The standard InChI is InChI=1S/C11H19N3O/c1-9(10-4-13-14(3)5-10)12-6-11(2)7-15-8-11/h4-5,9,12H,6-8H2,1-3H3. The molecule has 0 spiro atoms. The summed E-state index contributed by atoms with van der Waals surface area (Å²) in [5.74, 6) is 0. The lowest BCUT2D eigenvalue weighted by Crippen LogP contribution is -2.47. The average Bonchev–Trinajstić information content (AvgIpc) is 2.58. The van der Waals surface area contributed by atoms with Crippen molar-refractivity contribution in [1.82, 2.24) is 15.1 Å². The molecular formula is C11H19N3O. The minimum atomic E-state index is 0.330. The van der Waals surface area contributed by atoms with Crippen LogP contribution in [-0.4, -0.2) is 29.5 Å². The molecule has 0 aliphatic carbocycles. The summed E-state index contributed by atoms with van der Waals surface area (Å²) in [5, 5.41) is 7.69. The molecule has 4 heteroatoms. The van der Waals surface area contributed by atoms with Crippen LogP contribution in [0.3, 0.4) is 0 Å². The lowest BCUT2D eigenvalue weighted by molar-refractivity contribution is -0.0999. The van der Waals surface area contributed by atoms with E-state index in [1.807, 2.05) is 17.9 Å². The molecule has 1 N–H and O–H groups in total. The smallest absolute Gasteiger partial charge is 0.0554 e. The van der Waals surface area contributed by atoms with E-state index in [4.69, 9.17) is 4.74 Å². The van der Waals surface area contributed by atoms with Gasteiger partial charge in [0, 0.05) is 36.8 Å². The Morgan fingerprint density at radius 2 is 2.40 bits per heavy atom. The van der Waals surface area contributed by atoms with Gasteiger partial charge < -0.3 is 10.1 Å². The Labute approximate surface area is 90.6 Å². The van der Waals surface area contributed by atoms with Crippen molar-refractivity contribution in [2.45, 2.75) is 19.9 Å². The van der Waals surface area contributed by atoms with E-state index in [2.05, 4.69) is 30.5 Å². The highest BCUT2D eigenvalue weighted by atomic mass is 16.5. The van der Waals surface area contributed by atoms with Crippen molar-refractivity contribution < 1.29 is 4.74 Å². The lowest BCUT2D eigenvalue weighted by Gasteiger charge is -2.38. The molecule has 1 aromatic heterocycles. The Morgan fingerprint density at radius 1 is 1.67 bits per heavy atom. The molecule has 0 amide bonds. The molecule has 0 aromatic carbocycles. The van der Waals surface area contributed by atoms with Gasteiger partial charge in [-0.1, -0.05) is 6.92 Å². The maximum Gasteiger partial charge on any atom is 0.0554 e. The number of hydrogen-bond donors (Lipinski definition) is 1. The number of nitrogens with one attached hydrogen (secondary N) is 1. The van der Waals surface area contributed by atoms with Crippen molar-refractivity contribution in [3.8, 4) is 0 Å². The second-order valence-electron chi connectivity index (χ2n) is 4.85. The molecule has 1 aliphatic heterocycles. The molecule has 1 unspecified atom stereocenters. The van der Waals surface area contributed by atoms with E-state index in [1.165, 1.54) is 5.56 Å². The zero-order valence-corrected chi connectivity index (χ0v) is 9.66. The molecule has 0 radical (unpaired) electrons. The summed E-state index contributed by atoms with van der Waals surface area (Å²) in [6.07, 6.45) is 3.97. The molecule has 0 bridgehead atoms. The minimum absolute atomic E-state index is 0.330. The van der Waals surface area contributed by atoms with Gasteiger partial charge in [0.05, 0.1) is 19.4 Å². The van der Waals surface area contributed by atoms with E-state index in [0.29, 0.717) is 11.5 Å². The number of ether oxygens (including phenoxy) is 1. The number of hydrogen-bond acceptors (Lipinski definition) is 3. The van der Waals surface area contributed by atoms with Gasteiger partial charge in [0.2, 0.25) is 0 Å². The topological polar surface area (TPSA) is 39.1 Å². The maximum atomic E-state index is 5.22. The van der Waals surface area contributed by atoms with Gasteiger partial charge in [-0.3, -0.25) is 4.68 Å². The third kappa shape index (κ3) is 2.38. The predicted octanol–water partition coefficient (Wildman–Crippen LogP) is 1.11. The molecule has 84 valence electrons. The van der Waals surface area contributed by atoms with Crippen LogP contribution < -0.4 is 5.32 Å². The summed E-state index contributed by atoms with van der Waals surface area (Å²) in [5.41, 5.74) is 1.57. The van der Waals surface area contributed by atoms with E-state index in [-0.39, 0.29) is 0 Å². The zero-order chi connectivity index (χ0) is 10.9. The summed E-state index contributed by atoms with van der Waals surface area (Å²) in [6, 6.07) is 0.358. The minimum Gasteiger partial charge on any atom is -0.380 e. The number of aromatic nitrogens is 2. The highest BCUT2D eigenvalue weighted by Crippen LogP contribution is 2.26. The Kier molecular flexibility index (Phi) is 2.80. The first-order chi connectivity index (χ1) is 7.09. The molecule has 4 nitrogen and oxygen atoms in total. The molecule has 1 saturated heterocycles. The van der Waals surface area contributed by atoms with Crippen molar-refractivity contribution in [2.24, 2.45) is 12.5 Å². The monoisotopic (exact) mass is 209 g/mol. The van der Waals surface area contributed by atoms with E-state index in [9.17, 15) is 0 Å². The van der Waals surface area contributed by atoms with Crippen molar-refractivity contribution in [1.29, 1.82) is 0 Å². The average molecular weight is 209 g/mol. The Hall–Kier alpha value is -0.870. The fourth-order valence-electron chi connectivity index (χ4n) is 1.73. The second-order valence-corrected chi connectivity index (χ2v) is 4.85. The first-order valence-corrected chi connectivity index (χ1v) is 5.39. The number of nitrogens with zero attached hydrogens (tertiary/aromatic N) is 2. The highest BCUT2D eigenvalue weighted by Gasteiger charge is 2.33. The summed E-state index contributed by atoms with van der Waals surface area (Å²) in [6.45, 7) is 7.17. The van der Waals surface area contributed by atoms with Crippen LogP contribution in [0.25, 0.3) is 0 Å². The summed E-state index contributed by atoms with van der Waals surface area (Å²) >= 11 is 0. The van der Waals surface area contributed by atoms with Crippen LogP contribution in [0, 0.1) is 5.41 Å². The van der Waals surface area contributed by atoms with Crippen LogP contribution in [0.5, 0.6) is 0 Å². The van der Waals surface area contributed by atoms with E-state index < -0.39 is 0 Å². The summed E-state index contributed by atoms with van der Waals surface area (Å²) < 4.78 is 7.06. The summed E-state index contributed by atoms with van der Waals surface area (Å²) in [4.78, 5) is 0. The Balaban J connectivity index is 1.84. The van der Waals surface area contributed by atoms with Crippen LogP contribution in [0.1, 0.15) is 25.5 Å². The quantitative estimate of drug-likeness (QED) is 0.807. The van der Waals surface area contributed by atoms with E-state index in [0.717, 1.165) is 19.8 Å². The lowest BCUT2D eigenvalue weighted by atomic mass is 9.88. The van der Waals surface area contributed by atoms with Gasteiger partial charge >= 0.3 is 0 Å². The molecule has 1 fully saturated rings. The fourth-order valence-corrected chi connectivity index (χ4v) is 1.73. The SMILES string of the molecule is CC(NCC1(C)COC1)c1cnn(C)c1. The molecule has 1 aromatic rings. The Morgan fingerprint density at radius 3 is 2.87 bits per heavy atom.